The summed E-state index contributed by atoms with van der Waals surface area (Å²) in [7, 11) is 0. The fraction of sp³-hybridized carbons (Fsp3) is 0.526. The molecular formula is C19H28O3. The van der Waals surface area contributed by atoms with E-state index >= 15 is 0 Å². The van der Waals surface area contributed by atoms with Gasteiger partial charge in [0.25, 0.3) is 0 Å². The largest absolute Gasteiger partial charge is 0.478 e. The van der Waals surface area contributed by atoms with E-state index in [1.807, 2.05) is 0 Å². The molecule has 0 aliphatic heterocycles. The Morgan fingerprint density at radius 2 is 1.82 bits per heavy atom. The highest BCUT2D eigenvalue weighted by Gasteiger charge is 1.99. The van der Waals surface area contributed by atoms with Crippen LogP contribution in [0.3, 0.4) is 0 Å². The number of carbonyl (C=O) groups is 1. The molecule has 22 heavy (non-hydrogen) atoms. The monoisotopic (exact) mass is 304 g/mol. The van der Waals surface area contributed by atoms with Crippen LogP contribution in [0, 0.1) is 5.92 Å². The Morgan fingerprint density at radius 1 is 1.14 bits per heavy atom. The van der Waals surface area contributed by atoms with Crippen molar-refractivity contribution in [1.29, 1.82) is 0 Å². The zero-order valence-electron chi connectivity index (χ0n) is 13.8. The van der Waals surface area contributed by atoms with Crippen molar-refractivity contribution in [2.75, 3.05) is 13.2 Å². The summed E-state index contributed by atoms with van der Waals surface area (Å²) in [5.41, 5.74) is 2.82. The number of aliphatic carboxylic acids is 1. The van der Waals surface area contributed by atoms with Gasteiger partial charge in [0.2, 0.25) is 0 Å². The van der Waals surface area contributed by atoms with Gasteiger partial charge in [-0.05, 0) is 42.7 Å². The highest BCUT2D eigenvalue weighted by molar-refractivity contribution is 5.79. The minimum absolute atomic E-state index is 0.379. The zero-order valence-corrected chi connectivity index (χ0v) is 13.8. The van der Waals surface area contributed by atoms with Crippen molar-refractivity contribution in [1.82, 2.24) is 0 Å². The molecule has 3 nitrogen and oxygen atoms in total. The maximum atomic E-state index is 10.2. The molecule has 0 aromatic heterocycles. The zero-order chi connectivity index (χ0) is 16.2. The standard InChI is InChI=1S/C19H28O3/c1-16(2)15-18-11-9-17(10-12-18)7-4-3-5-13-22-14-6-8-19(20)21/h6,8-12,16H,3-5,7,13-15H2,1-2H3,(H,20,21). The normalized spacial score (nSPS) is 11.4. The van der Waals surface area contributed by atoms with Crippen molar-refractivity contribution >= 4 is 5.97 Å². The van der Waals surface area contributed by atoms with E-state index in [1.165, 1.54) is 17.2 Å². The second-order valence-electron chi connectivity index (χ2n) is 6.04. The van der Waals surface area contributed by atoms with Crippen LogP contribution >= 0.6 is 0 Å². The van der Waals surface area contributed by atoms with Crippen LogP contribution in [-0.2, 0) is 22.4 Å². The second kappa shape index (κ2) is 11.0. The fourth-order valence-electron chi connectivity index (χ4n) is 2.32. The predicted octanol–water partition coefficient (Wildman–Crippen LogP) is 4.26. The topological polar surface area (TPSA) is 46.5 Å². The third-order valence-electron chi connectivity index (χ3n) is 3.40. The number of hydrogen-bond acceptors (Lipinski definition) is 2. The molecule has 0 aliphatic carbocycles. The van der Waals surface area contributed by atoms with Crippen LogP contribution in [0.1, 0.15) is 44.2 Å². The van der Waals surface area contributed by atoms with Crippen LogP contribution in [-0.4, -0.2) is 24.3 Å². The van der Waals surface area contributed by atoms with Gasteiger partial charge in [-0.2, -0.15) is 0 Å². The highest BCUT2D eigenvalue weighted by Crippen LogP contribution is 2.12. The quantitative estimate of drug-likeness (QED) is 0.491. The number of aryl methyl sites for hydroxylation is 1. The minimum atomic E-state index is -0.928. The van der Waals surface area contributed by atoms with E-state index in [1.54, 1.807) is 0 Å². The molecule has 1 rings (SSSR count). The fourth-order valence-corrected chi connectivity index (χ4v) is 2.32. The second-order valence-corrected chi connectivity index (χ2v) is 6.04. The van der Waals surface area contributed by atoms with Crippen LogP contribution in [0.4, 0.5) is 0 Å². The van der Waals surface area contributed by atoms with Crippen LogP contribution < -0.4 is 0 Å². The SMILES string of the molecule is CC(C)Cc1ccc(CCCCCOCC=CC(=O)O)cc1. The highest BCUT2D eigenvalue weighted by atomic mass is 16.5. The number of rotatable bonds is 11. The van der Waals surface area contributed by atoms with Gasteiger partial charge in [-0.15, -0.1) is 0 Å². The molecule has 0 radical (unpaired) electrons. The molecule has 3 heteroatoms. The first-order valence-corrected chi connectivity index (χ1v) is 8.13. The first-order chi connectivity index (χ1) is 10.6. The van der Waals surface area contributed by atoms with Gasteiger partial charge in [-0.1, -0.05) is 50.6 Å². The van der Waals surface area contributed by atoms with E-state index < -0.39 is 5.97 Å². The molecule has 1 N–H and O–H groups in total. The summed E-state index contributed by atoms with van der Waals surface area (Å²) in [4.78, 5) is 10.2. The summed E-state index contributed by atoms with van der Waals surface area (Å²) in [6.45, 7) is 5.56. The molecule has 0 saturated heterocycles. The molecule has 122 valence electrons. The van der Waals surface area contributed by atoms with E-state index in [-0.39, 0.29) is 0 Å². The van der Waals surface area contributed by atoms with Crippen LogP contribution in [0.2, 0.25) is 0 Å². The van der Waals surface area contributed by atoms with Crippen molar-refractivity contribution in [3.05, 3.63) is 47.5 Å². The first kappa shape index (κ1) is 18.4. The van der Waals surface area contributed by atoms with Gasteiger partial charge in [0.05, 0.1) is 6.61 Å². The summed E-state index contributed by atoms with van der Waals surface area (Å²) < 4.78 is 5.34. The number of unbranched alkanes of at least 4 members (excludes halogenated alkanes) is 2. The molecule has 0 atom stereocenters. The summed E-state index contributed by atoms with van der Waals surface area (Å²) in [6.07, 6.45) is 8.22. The number of carboxylic acids is 1. The van der Waals surface area contributed by atoms with Gasteiger partial charge in [-0.25, -0.2) is 4.79 Å². The molecule has 1 aromatic rings. The maximum absolute atomic E-state index is 10.2. The number of hydrogen-bond donors (Lipinski definition) is 1. The van der Waals surface area contributed by atoms with Gasteiger partial charge in [0.1, 0.15) is 0 Å². The minimum Gasteiger partial charge on any atom is -0.478 e. The lowest BCUT2D eigenvalue weighted by atomic mass is 10.00. The average molecular weight is 304 g/mol. The van der Waals surface area contributed by atoms with E-state index in [2.05, 4.69) is 38.1 Å². The van der Waals surface area contributed by atoms with Crippen LogP contribution in [0.15, 0.2) is 36.4 Å². The van der Waals surface area contributed by atoms with Crippen molar-refractivity contribution in [3.8, 4) is 0 Å². The molecule has 1 aromatic carbocycles. The molecule has 0 amide bonds. The van der Waals surface area contributed by atoms with Crippen molar-refractivity contribution in [3.63, 3.8) is 0 Å². The number of benzene rings is 1. The smallest absolute Gasteiger partial charge is 0.328 e. The average Bonchev–Trinajstić information content (AvgIpc) is 2.46. The van der Waals surface area contributed by atoms with Gasteiger partial charge < -0.3 is 9.84 Å². The summed E-state index contributed by atoms with van der Waals surface area (Å²) in [5, 5.41) is 8.41. The van der Waals surface area contributed by atoms with Gasteiger partial charge >= 0.3 is 5.97 Å². The lowest BCUT2D eigenvalue weighted by Crippen LogP contribution is -1.97. The van der Waals surface area contributed by atoms with E-state index in [9.17, 15) is 4.79 Å². The maximum Gasteiger partial charge on any atom is 0.328 e. The lowest BCUT2D eigenvalue weighted by Gasteiger charge is -2.07. The Morgan fingerprint density at radius 3 is 2.45 bits per heavy atom. The van der Waals surface area contributed by atoms with E-state index in [4.69, 9.17) is 9.84 Å². The van der Waals surface area contributed by atoms with E-state index in [0.717, 1.165) is 38.2 Å². The van der Waals surface area contributed by atoms with Crippen LogP contribution in [0.25, 0.3) is 0 Å². The van der Waals surface area contributed by atoms with Crippen LogP contribution in [0.5, 0.6) is 0 Å². The van der Waals surface area contributed by atoms with Crippen molar-refractivity contribution in [2.24, 2.45) is 5.92 Å². The van der Waals surface area contributed by atoms with Gasteiger partial charge in [0, 0.05) is 12.7 Å². The van der Waals surface area contributed by atoms with Gasteiger partial charge in [-0.3, -0.25) is 0 Å². The molecule has 0 fully saturated rings. The van der Waals surface area contributed by atoms with Crippen molar-refractivity contribution in [2.45, 2.75) is 46.0 Å². The Labute approximate surface area is 134 Å². The van der Waals surface area contributed by atoms with Gasteiger partial charge in [0.15, 0.2) is 0 Å². The molecule has 0 saturated carbocycles. The predicted molar refractivity (Wildman–Crippen MR) is 90.1 cm³/mol. The molecule has 0 spiro atoms. The molecule has 0 unspecified atom stereocenters. The number of carboxylic acid groups (broad SMARTS) is 1. The Hall–Kier alpha value is -1.61. The lowest BCUT2D eigenvalue weighted by molar-refractivity contribution is -0.131. The summed E-state index contributed by atoms with van der Waals surface area (Å²) >= 11 is 0. The Kier molecular flexibility index (Phi) is 9.24. The number of ether oxygens (including phenoxy) is 1. The van der Waals surface area contributed by atoms with E-state index in [0.29, 0.717) is 19.1 Å². The molecule has 0 bridgehead atoms. The third kappa shape index (κ3) is 9.35. The summed E-state index contributed by atoms with van der Waals surface area (Å²) in [6, 6.07) is 8.97. The summed E-state index contributed by atoms with van der Waals surface area (Å²) in [5.74, 6) is -0.223. The molecule has 0 heterocycles. The first-order valence-electron chi connectivity index (χ1n) is 8.13. The molecule has 0 aliphatic rings. The van der Waals surface area contributed by atoms with Crippen molar-refractivity contribution < 1.29 is 14.6 Å². The Balaban J connectivity index is 2.06. The Bertz CT molecular complexity index is 446. The molecular weight excluding hydrogens is 276 g/mol. The third-order valence-corrected chi connectivity index (χ3v) is 3.40.